The van der Waals surface area contributed by atoms with E-state index in [0.717, 1.165) is 30.6 Å². The molecule has 0 spiro atoms. The van der Waals surface area contributed by atoms with E-state index in [-0.39, 0.29) is 0 Å². The van der Waals surface area contributed by atoms with Crippen molar-refractivity contribution in [2.75, 3.05) is 24.6 Å². The van der Waals surface area contributed by atoms with Gasteiger partial charge in [0.05, 0.1) is 6.04 Å². The van der Waals surface area contributed by atoms with Crippen LogP contribution in [0.4, 0.5) is 0 Å². The van der Waals surface area contributed by atoms with Crippen molar-refractivity contribution in [1.29, 1.82) is 0 Å². The molecule has 1 saturated heterocycles. The molecule has 0 unspecified atom stereocenters. The smallest absolute Gasteiger partial charge is 0.208 e. The Bertz CT molecular complexity index is 209. The molecule has 0 aromatic heterocycles. The molecular formula is C8H16N4S2. The van der Waals surface area contributed by atoms with E-state index in [1.165, 1.54) is 12.8 Å². The third kappa shape index (κ3) is 2.96. The number of guanidine groups is 1. The van der Waals surface area contributed by atoms with E-state index in [2.05, 4.69) is 15.3 Å². The Morgan fingerprint density at radius 3 is 2.43 bits per heavy atom. The van der Waals surface area contributed by atoms with Gasteiger partial charge in [0.2, 0.25) is 5.96 Å². The predicted octanol–water partition coefficient (Wildman–Crippen LogP) is 0.665. The van der Waals surface area contributed by atoms with E-state index in [9.17, 15) is 0 Å². The van der Waals surface area contributed by atoms with Crippen molar-refractivity contribution in [1.82, 2.24) is 10.3 Å². The van der Waals surface area contributed by atoms with Crippen molar-refractivity contribution < 1.29 is 0 Å². The molecule has 2 aliphatic rings. The lowest BCUT2D eigenvalue weighted by molar-refractivity contribution is 0.453. The summed E-state index contributed by atoms with van der Waals surface area (Å²) in [6.07, 6.45) is 2.45. The highest BCUT2D eigenvalue weighted by Crippen LogP contribution is 2.26. The summed E-state index contributed by atoms with van der Waals surface area (Å²) < 4.78 is 0. The molecule has 0 radical (unpaired) electrons. The second kappa shape index (κ2) is 5.14. The van der Waals surface area contributed by atoms with Gasteiger partial charge in [-0.25, -0.2) is 10.8 Å². The van der Waals surface area contributed by atoms with Crippen LogP contribution in [0.3, 0.4) is 0 Å². The molecule has 6 heteroatoms. The quantitative estimate of drug-likeness (QED) is 0.229. The van der Waals surface area contributed by atoms with E-state index in [0.29, 0.717) is 6.04 Å². The normalized spacial score (nSPS) is 24.6. The Balaban J connectivity index is 1.94. The number of nitrogens with zero attached hydrogens (tertiary/aromatic N) is 2. The maximum atomic E-state index is 5.49. The van der Waals surface area contributed by atoms with Gasteiger partial charge in [0.15, 0.2) is 0 Å². The predicted molar refractivity (Wildman–Crippen MR) is 64.3 cm³/mol. The van der Waals surface area contributed by atoms with Crippen molar-refractivity contribution in [3.63, 3.8) is 0 Å². The Morgan fingerprint density at radius 2 is 1.93 bits per heavy atom. The maximum Gasteiger partial charge on any atom is 0.208 e. The van der Waals surface area contributed by atoms with Gasteiger partial charge in [0.25, 0.3) is 0 Å². The summed E-state index contributed by atoms with van der Waals surface area (Å²) in [5.74, 6) is 8.68. The minimum absolute atomic E-state index is 0.532. The minimum Gasteiger partial charge on any atom is -0.340 e. The van der Waals surface area contributed by atoms with Gasteiger partial charge >= 0.3 is 0 Å². The van der Waals surface area contributed by atoms with Crippen LogP contribution in [0.15, 0.2) is 4.99 Å². The van der Waals surface area contributed by atoms with Crippen LogP contribution in [0.2, 0.25) is 0 Å². The fourth-order valence-corrected chi connectivity index (χ4v) is 3.30. The van der Waals surface area contributed by atoms with Gasteiger partial charge in [-0.2, -0.15) is 0 Å². The van der Waals surface area contributed by atoms with Crippen molar-refractivity contribution in [3.8, 4) is 0 Å². The lowest BCUT2D eigenvalue weighted by Gasteiger charge is -2.22. The van der Waals surface area contributed by atoms with E-state index in [1.807, 2.05) is 21.6 Å². The standard InChI is InChI=1S/C8H16N4S2/c9-11-8(10-7-1-2-7)12-3-5-13-14-6-4-12/h7H,1-6,9H2,(H,10,11). The van der Waals surface area contributed by atoms with Gasteiger partial charge in [0, 0.05) is 24.6 Å². The molecule has 1 aliphatic heterocycles. The van der Waals surface area contributed by atoms with Crippen LogP contribution < -0.4 is 11.3 Å². The average molecular weight is 232 g/mol. The van der Waals surface area contributed by atoms with Gasteiger partial charge in [-0.3, -0.25) is 5.43 Å². The number of hydrogen-bond acceptors (Lipinski definition) is 4. The summed E-state index contributed by atoms with van der Waals surface area (Å²) in [7, 11) is 3.87. The molecule has 3 N–H and O–H groups in total. The average Bonchev–Trinajstić information content (AvgIpc) is 3.01. The Labute approximate surface area is 92.4 Å². The summed E-state index contributed by atoms with van der Waals surface area (Å²) in [6, 6.07) is 0.532. The van der Waals surface area contributed by atoms with Crippen LogP contribution in [0.5, 0.6) is 0 Å². The van der Waals surface area contributed by atoms with Gasteiger partial charge in [-0.15, -0.1) is 0 Å². The third-order valence-corrected chi connectivity index (χ3v) is 4.62. The fraction of sp³-hybridized carbons (Fsp3) is 0.875. The Kier molecular flexibility index (Phi) is 3.83. The molecular weight excluding hydrogens is 216 g/mol. The summed E-state index contributed by atoms with van der Waals surface area (Å²) in [5.41, 5.74) is 2.73. The van der Waals surface area contributed by atoms with Gasteiger partial charge in [-0.1, -0.05) is 21.6 Å². The lowest BCUT2D eigenvalue weighted by Crippen LogP contribution is -2.46. The van der Waals surface area contributed by atoms with Crippen molar-refractivity contribution in [3.05, 3.63) is 0 Å². The van der Waals surface area contributed by atoms with Gasteiger partial charge < -0.3 is 4.90 Å². The molecule has 1 saturated carbocycles. The molecule has 1 aliphatic carbocycles. The molecule has 0 aromatic carbocycles. The summed E-state index contributed by atoms with van der Waals surface area (Å²) in [6.45, 7) is 2.10. The summed E-state index contributed by atoms with van der Waals surface area (Å²) >= 11 is 0. The molecule has 14 heavy (non-hydrogen) atoms. The third-order valence-electron chi connectivity index (χ3n) is 2.25. The first-order valence-corrected chi connectivity index (χ1v) is 7.43. The minimum atomic E-state index is 0.532. The highest BCUT2D eigenvalue weighted by molar-refractivity contribution is 8.76. The summed E-state index contributed by atoms with van der Waals surface area (Å²) in [5, 5.41) is 0. The second-order valence-corrected chi connectivity index (χ2v) is 6.16. The van der Waals surface area contributed by atoms with Gasteiger partial charge in [0.1, 0.15) is 0 Å². The first-order chi connectivity index (χ1) is 6.90. The number of nitrogens with one attached hydrogen (secondary N) is 1. The zero-order valence-electron chi connectivity index (χ0n) is 8.11. The van der Waals surface area contributed by atoms with Crippen LogP contribution in [-0.4, -0.2) is 41.5 Å². The van der Waals surface area contributed by atoms with E-state index >= 15 is 0 Å². The van der Waals surface area contributed by atoms with Crippen LogP contribution in [-0.2, 0) is 0 Å². The van der Waals surface area contributed by atoms with Crippen LogP contribution in [0, 0.1) is 0 Å². The zero-order valence-corrected chi connectivity index (χ0v) is 9.74. The number of rotatable bonds is 1. The maximum absolute atomic E-state index is 5.49. The van der Waals surface area contributed by atoms with E-state index in [1.54, 1.807) is 0 Å². The number of nitrogens with two attached hydrogens (primary N) is 1. The number of aliphatic imine (C=N–C) groups is 1. The Hall–Kier alpha value is -0.0700. The fourth-order valence-electron chi connectivity index (χ4n) is 1.32. The molecule has 0 atom stereocenters. The van der Waals surface area contributed by atoms with Crippen molar-refractivity contribution in [2.24, 2.45) is 10.8 Å². The molecule has 0 bridgehead atoms. The molecule has 0 amide bonds. The lowest BCUT2D eigenvalue weighted by atomic mass is 10.5. The van der Waals surface area contributed by atoms with Crippen molar-refractivity contribution in [2.45, 2.75) is 18.9 Å². The van der Waals surface area contributed by atoms with Crippen molar-refractivity contribution >= 4 is 27.5 Å². The first-order valence-electron chi connectivity index (χ1n) is 4.94. The topological polar surface area (TPSA) is 53.6 Å². The van der Waals surface area contributed by atoms with Crippen LogP contribution in [0.1, 0.15) is 12.8 Å². The highest BCUT2D eigenvalue weighted by atomic mass is 33.1. The number of hydrogen-bond donors (Lipinski definition) is 2. The summed E-state index contributed by atoms with van der Waals surface area (Å²) in [4.78, 5) is 6.82. The van der Waals surface area contributed by atoms with E-state index < -0.39 is 0 Å². The SMILES string of the molecule is NNC(=NC1CC1)N1CCSSCC1. The van der Waals surface area contributed by atoms with Crippen LogP contribution >= 0.6 is 21.6 Å². The molecule has 4 nitrogen and oxygen atoms in total. The van der Waals surface area contributed by atoms with E-state index in [4.69, 9.17) is 5.84 Å². The molecule has 2 fully saturated rings. The highest BCUT2D eigenvalue weighted by Gasteiger charge is 2.23. The first kappa shape index (κ1) is 10.4. The molecule has 2 rings (SSSR count). The largest absolute Gasteiger partial charge is 0.340 e. The monoisotopic (exact) mass is 232 g/mol. The Morgan fingerprint density at radius 1 is 1.29 bits per heavy atom. The number of hydrazine groups is 1. The zero-order chi connectivity index (χ0) is 9.80. The molecule has 1 heterocycles. The molecule has 0 aromatic rings. The molecule has 80 valence electrons. The van der Waals surface area contributed by atoms with Crippen LogP contribution in [0.25, 0.3) is 0 Å². The van der Waals surface area contributed by atoms with Gasteiger partial charge in [-0.05, 0) is 12.8 Å². The second-order valence-electron chi connectivity index (χ2n) is 3.46.